The molecule has 3 heteroatoms. The summed E-state index contributed by atoms with van der Waals surface area (Å²) in [4.78, 5) is 2.46. The van der Waals surface area contributed by atoms with Crippen LogP contribution in [0.1, 0.15) is 24.5 Å². The highest BCUT2D eigenvalue weighted by Crippen LogP contribution is 2.24. The highest BCUT2D eigenvalue weighted by atomic mass is 16.5. The molecule has 0 radical (unpaired) electrons. The van der Waals surface area contributed by atoms with Crippen molar-refractivity contribution in [1.29, 1.82) is 0 Å². The van der Waals surface area contributed by atoms with E-state index in [-0.39, 0.29) is 0 Å². The van der Waals surface area contributed by atoms with Gasteiger partial charge in [0, 0.05) is 25.3 Å². The first-order valence-electron chi connectivity index (χ1n) is 6.85. The Morgan fingerprint density at radius 3 is 3.00 bits per heavy atom. The molecule has 1 heterocycles. The number of hydrogen-bond donors (Lipinski definition) is 1. The summed E-state index contributed by atoms with van der Waals surface area (Å²) in [5, 5.41) is 3.26. The molecule has 1 unspecified atom stereocenters. The van der Waals surface area contributed by atoms with E-state index in [0.29, 0.717) is 6.10 Å². The average molecular weight is 248 g/mol. The SMILES string of the molecule is CCC1CN(c2ccc(C)cc2CNC)CCO1. The molecular formula is C15H24N2O. The molecule has 1 aromatic rings. The molecule has 1 fully saturated rings. The van der Waals surface area contributed by atoms with Crippen molar-refractivity contribution in [2.75, 3.05) is 31.6 Å². The predicted octanol–water partition coefficient (Wildman–Crippen LogP) is 2.33. The molecule has 0 aromatic heterocycles. The maximum Gasteiger partial charge on any atom is 0.0748 e. The Kier molecular flexibility index (Phi) is 4.61. The number of ether oxygens (including phenoxy) is 1. The van der Waals surface area contributed by atoms with Crippen LogP contribution in [0.4, 0.5) is 5.69 Å². The molecule has 0 amide bonds. The molecule has 0 spiro atoms. The van der Waals surface area contributed by atoms with Gasteiger partial charge in [-0.15, -0.1) is 0 Å². The van der Waals surface area contributed by atoms with Gasteiger partial charge < -0.3 is 15.0 Å². The van der Waals surface area contributed by atoms with Crippen molar-refractivity contribution in [3.05, 3.63) is 29.3 Å². The van der Waals surface area contributed by atoms with Gasteiger partial charge in [0.25, 0.3) is 0 Å². The third kappa shape index (κ3) is 3.03. The Morgan fingerprint density at radius 1 is 1.44 bits per heavy atom. The van der Waals surface area contributed by atoms with Crippen LogP contribution < -0.4 is 10.2 Å². The van der Waals surface area contributed by atoms with Crippen molar-refractivity contribution in [2.24, 2.45) is 0 Å². The monoisotopic (exact) mass is 248 g/mol. The van der Waals surface area contributed by atoms with Crippen LogP contribution in [-0.2, 0) is 11.3 Å². The number of hydrogen-bond acceptors (Lipinski definition) is 3. The molecular weight excluding hydrogens is 224 g/mol. The van der Waals surface area contributed by atoms with Gasteiger partial charge in [-0.3, -0.25) is 0 Å². The van der Waals surface area contributed by atoms with Crippen LogP contribution >= 0.6 is 0 Å². The maximum atomic E-state index is 5.75. The number of nitrogens with zero attached hydrogens (tertiary/aromatic N) is 1. The summed E-state index contributed by atoms with van der Waals surface area (Å²) in [7, 11) is 2.00. The molecule has 18 heavy (non-hydrogen) atoms. The minimum atomic E-state index is 0.377. The van der Waals surface area contributed by atoms with Crippen LogP contribution in [0.25, 0.3) is 0 Å². The van der Waals surface area contributed by atoms with Crippen LogP contribution in [0.3, 0.4) is 0 Å². The van der Waals surface area contributed by atoms with Crippen LogP contribution in [0.2, 0.25) is 0 Å². The van der Waals surface area contributed by atoms with E-state index < -0.39 is 0 Å². The van der Waals surface area contributed by atoms with E-state index in [1.807, 2.05) is 7.05 Å². The van der Waals surface area contributed by atoms with E-state index in [9.17, 15) is 0 Å². The summed E-state index contributed by atoms with van der Waals surface area (Å²) in [6, 6.07) is 6.73. The molecule has 1 atom stereocenters. The number of morpholine rings is 1. The zero-order valence-corrected chi connectivity index (χ0v) is 11.7. The molecule has 2 rings (SSSR count). The summed E-state index contributed by atoms with van der Waals surface area (Å²) in [6.45, 7) is 8.11. The molecule has 1 aromatic carbocycles. The summed E-state index contributed by atoms with van der Waals surface area (Å²) in [5.74, 6) is 0. The minimum Gasteiger partial charge on any atom is -0.375 e. The predicted molar refractivity (Wildman–Crippen MR) is 76.2 cm³/mol. The fourth-order valence-electron chi connectivity index (χ4n) is 2.54. The largest absolute Gasteiger partial charge is 0.375 e. The first-order valence-corrected chi connectivity index (χ1v) is 6.85. The zero-order chi connectivity index (χ0) is 13.0. The lowest BCUT2D eigenvalue weighted by Crippen LogP contribution is -2.42. The van der Waals surface area contributed by atoms with Crippen molar-refractivity contribution < 1.29 is 4.74 Å². The Hall–Kier alpha value is -1.06. The van der Waals surface area contributed by atoms with Crippen molar-refractivity contribution >= 4 is 5.69 Å². The quantitative estimate of drug-likeness (QED) is 0.885. The second kappa shape index (κ2) is 6.21. The minimum absolute atomic E-state index is 0.377. The summed E-state index contributed by atoms with van der Waals surface area (Å²) >= 11 is 0. The first-order chi connectivity index (χ1) is 8.74. The molecule has 0 saturated carbocycles. The van der Waals surface area contributed by atoms with Crippen molar-refractivity contribution in [3.63, 3.8) is 0 Å². The van der Waals surface area contributed by atoms with Gasteiger partial charge in [0.15, 0.2) is 0 Å². The van der Waals surface area contributed by atoms with Crippen molar-refractivity contribution in [1.82, 2.24) is 5.32 Å². The van der Waals surface area contributed by atoms with Crippen LogP contribution in [0.5, 0.6) is 0 Å². The Labute approximate surface area is 110 Å². The normalized spacial score (nSPS) is 20.2. The van der Waals surface area contributed by atoms with Gasteiger partial charge in [-0.2, -0.15) is 0 Å². The highest BCUT2D eigenvalue weighted by Gasteiger charge is 2.20. The Balaban J connectivity index is 2.20. The van der Waals surface area contributed by atoms with E-state index in [1.165, 1.54) is 16.8 Å². The van der Waals surface area contributed by atoms with E-state index in [4.69, 9.17) is 4.74 Å². The smallest absolute Gasteiger partial charge is 0.0748 e. The lowest BCUT2D eigenvalue weighted by molar-refractivity contribution is 0.0384. The molecule has 1 aliphatic rings. The fourth-order valence-corrected chi connectivity index (χ4v) is 2.54. The third-order valence-corrected chi connectivity index (χ3v) is 3.54. The Morgan fingerprint density at radius 2 is 2.28 bits per heavy atom. The average Bonchev–Trinajstić information content (AvgIpc) is 2.39. The summed E-state index contributed by atoms with van der Waals surface area (Å²) < 4.78 is 5.75. The maximum absolute atomic E-state index is 5.75. The second-order valence-corrected chi connectivity index (χ2v) is 5.01. The van der Waals surface area contributed by atoms with Gasteiger partial charge in [-0.25, -0.2) is 0 Å². The van der Waals surface area contributed by atoms with Crippen LogP contribution in [0.15, 0.2) is 18.2 Å². The number of anilines is 1. The number of aryl methyl sites for hydroxylation is 1. The topological polar surface area (TPSA) is 24.5 Å². The molecule has 0 aliphatic carbocycles. The first kappa shape index (κ1) is 13.4. The van der Waals surface area contributed by atoms with Gasteiger partial charge in [0.05, 0.1) is 12.7 Å². The van der Waals surface area contributed by atoms with E-state index in [1.54, 1.807) is 0 Å². The van der Waals surface area contributed by atoms with E-state index >= 15 is 0 Å². The highest BCUT2D eigenvalue weighted by molar-refractivity contribution is 5.55. The zero-order valence-electron chi connectivity index (χ0n) is 11.7. The molecule has 100 valence electrons. The Bertz CT molecular complexity index is 392. The summed E-state index contributed by atoms with van der Waals surface area (Å²) in [5.41, 5.74) is 4.07. The van der Waals surface area contributed by atoms with E-state index in [0.717, 1.165) is 32.7 Å². The second-order valence-electron chi connectivity index (χ2n) is 5.01. The number of benzene rings is 1. The lowest BCUT2D eigenvalue weighted by Gasteiger charge is -2.35. The van der Waals surface area contributed by atoms with Crippen LogP contribution in [-0.4, -0.2) is 32.8 Å². The molecule has 0 bridgehead atoms. The van der Waals surface area contributed by atoms with Crippen molar-refractivity contribution in [3.8, 4) is 0 Å². The summed E-state index contributed by atoms with van der Waals surface area (Å²) in [6.07, 6.45) is 1.46. The lowest BCUT2D eigenvalue weighted by atomic mass is 10.1. The standard InChI is InChI=1S/C15H24N2O/c1-4-14-11-17(7-8-18-14)15-6-5-12(2)9-13(15)10-16-3/h5-6,9,14,16H,4,7-8,10-11H2,1-3H3. The molecule has 1 saturated heterocycles. The van der Waals surface area contributed by atoms with Crippen LogP contribution in [0, 0.1) is 6.92 Å². The van der Waals surface area contributed by atoms with Gasteiger partial charge in [-0.05, 0) is 32.0 Å². The van der Waals surface area contributed by atoms with Gasteiger partial charge in [0.1, 0.15) is 0 Å². The molecule has 3 nitrogen and oxygen atoms in total. The third-order valence-electron chi connectivity index (χ3n) is 3.54. The van der Waals surface area contributed by atoms with E-state index in [2.05, 4.69) is 42.3 Å². The molecule has 1 aliphatic heterocycles. The van der Waals surface area contributed by atoms with Gasteiger partial charge in [0.2, 0.25) is 0 Å². The van der Waals surface area contributed by atoms with Crippen molar-refractivity contribution in [2.45, 2.75) is 32.9 Å². The number of nitrogens with one attached hydrogen (secondary N) is 1. The number of rotatable bonds is 4. The van der Waals surface area contributed by atoms with Gasteiger partial charge in [-0.1, -0.05) is 24.6 Å². The molecule has 1 N–H and O–H groups in total. The fraction of sp³-hybridized carbons (Fsp3) is 0.600. The van der Waals surface area contributed by atoms with Gasteiger partial charge >= 0.3 is 0 Å².